The molecule has 3 heterocycles. The molecule has 0 aliphatic carbocycles. The Labute approximate surface area is 193 Å². The van der Waals surface area contributed by atoms with Crippen molar-refractivity contribution in [3.05, 3.63) is 81.2 Å². The lowest BCUT2D eigenvalue weighted by molar-refractivity contribution is -0.122. The second kappa shape index (κ2) is 8.20. The summed E-state index contributed by atoms with van der Waals surface area (Å²) in [7, 11) is 0. The SMILES string of the molecule is Cc1ccc(-n2c(C)cc(/C=C3/C(=O)NC(=S)N(c4cccc(Br)c4)C3=O)c2C)nc1. The number of amides is 2. The number of thiocarbonyl (C=S) groups is 1. The molecule has 4 rings (SSSR count). The average molecular weight is 495 g/mol. The summed E-state index contributed by atoms with van der Waals surface area (Å²) >= 11 is 8.67. The maximum Gasteiger partial charge on any atom is 0.270 e. The van der Waals surface area contributed by atoms with E-state index in [1.807, 2.05) is 49.6 Å². The van der Waals surface area contributed by atoms with Gasteiger partial charge in [0, 0.05) is 22.1 Å². The molecule has 2 amide bonds. The van der Waals surface area contributed by atoms with Crippen molar-refractivity contribution in [2.45, 2.75) is 20.8 Å². The van der Waals surface area contributed by atoms with Gasteiger partial charge in [-0.3, -0.25) is 19.8 Å². The molecule has 2 aromatic heterocycles. The van der Waals surface area contributed by atoms with Crippen molar-refractivity contribution >= 4 is 56.8 Å². The fourth-order valence-electron chi connectivity index (χ4n) is 3.54. The first-order valence-electron chi connectivity index (χ1n) is 9.55. The third kappa shape index (κ3) is 3.96. The Morgan fingerprint density at radius 2 is 1.87 bits per heavy atom. The fraction of sp³-hybridized carbons (Fsp3) is 0.130. The number of benzene rings is 1. The number of hydrogen-bond acceptors (Lipinski definition) is 4. The van der Waals surface area contributed by atoms with Gasteiger partial charge in [-0.1, -0.05) is 28.1 Å². The molecule has 1 fully saturated rings. The minimum absolute atomic E-state index is 0.0192. The predicted molar refractivity (Wildman–Crippen MR) is 128 cm³/mol. The number of carbonyl (C=O) groups is 2. The summed E-state index contributed by atoms with van der Waals surface area (Å²) in [6, 6.07) is 13.1. The Bertz CT molecular complexity index is 1260. The Morgan fingerprint density at radius 1 is 1.10 bits per heavy atom. The van der Waals surface area contributed by atoms with E-state index in [4.69, 9.17) is 12.2 Å². The van der Waals surface area contributed by atoms with Crippen LogP contribution in [0.25, 0.3) is 11.9 Å². The number of aromatic nitrogens is 2. The van der Waals surface area contributed by atoms with Gasteiger partial charge in [0.25, 0.3) is 11.8 Å². The van der Waals surface area contributed by atoms with Crippen LogP contribution in [0, 0.1) is 20.8 Å². The number of halogens is 1. The van der Waals surface area contributed by atoms with E-state index in [0.29, 0.717) is 5.69 Å². The van der Waals surface area contributed by atoms with Crippen LogP contribution in [0.1, 0.15) is 22.5 Å². The number of hydrogen-bond donors (Lipinski definition) is 1. The largest absolute Gasteiger partial charge is 0.303 e. The molecular weight excluding hydrogens is 476 g/mol. The Kier molecular flexibility index (Phi) is 5.60. The Balaban J connectivity index is 1.76. The number of anilines is 1. The van der Waals surface area contributed by atoms with Gasteiger partial charge in [-0.2, -0.15) is 0 Å². The molecule has 1 aliphatic rings. The van der Waals surface area contributed by atoms with E-state index in [2.05, 4.69) is 26.2 Å². The van der Waals surface area contributed by atoms with Gasteiger partial charge in [-0.05, 0) is 80.5 Å². The average Bonchev–Trinajstić information content (AvgIpc) is 2.99. The molecule has 0 radical (unpaired) electrons. The first-order valence-corrected chi connectivity index (χ1v) is 10.8. The summed E-state index contributed by atoms with van der Waals surface area (Å²) in [6.07, 6.45) is 3.42. The summed E-state index contributed by atoms with van der Waals surface area (Å²) in [4.78, 5) is 31.7. The maximum absolute atomic E-state index is 13.2. The van der Waals surface area contributed by atoms with Crippen LogP contribution in [0.5, 0.6) is 0 Å². The zero-order chi connectivity index (χ0) is 22.3. The van der Waals surface area contributed by atoms with Gasteiger partial charge >= 0.3 is 0 Å². The number of nitrogens with zero attached hydrogens (tertiary/aromatic N) is 3. The van der Waals surface area contributed by atoms with Gasteiger partial charge in [0.1, 0.15) is 11.4 Å². The monoisotopic (exact) mass is 494 g/mol. The van der Waals surface area contributed by atoms with Gasteiger partial charge in [-0.25, -0.2) is 4.98 Å². The topological polar surface area (TPSA) is 67.2 Å². The van der Waals surface area contributed by atoms with E-state index in [1.54, 1.807) is 30.5 Å². The highest BCUT2D eigenvalue weighted by molar-refractivity contribution is 9.10. The van der Waals surface area contributed by atoms with Crippen LogP contribution in [0.4, 0.5) is 5.69 Å². The molecule has 0 saturated carbocycles. The van der Waals surface area contributed by atoms with Crippen molar-refractivity contribution in [1.82, 2.24) is 14.9 Å². The van der Waals surface area contributed by atoms with Crippen molar-refractivity contribution in [3.63, 3.8) is 0 Å². The van der Waals surface area contributed by atoms with Crippen molar-refractivity contribution in [3.8, 4) is 5.82 Å². The summed E-state index contributed by atoms with van der Waals surface area (Å²) in [5.41, 5.74) is 4.25. The van der Waals surface area contributed by atoms with Crippen LogP contribution in [0.2, 0.25) is 0 Å². The Hall–Kier alpha value is -3.10. The van der Waals surface area contributed by atoms with Gasteiger partial charge in [0.05, 0.1) is 5.69 Å². The molecule has 0 bridgehead atoms. The van der Waals surface area contributed by atoms with E-state index in [9.17, 15) is 9.59 Å². The van der Waals surface area contributed by atoms with Crippen molar-refractivity contribution in [1.29, 1.82) is 0 Å². The summed E-state index contributed by atoms with van der Waals surface area (Å²) in [6.45, 7) is 5.88. The molecule has 1 aliphatic heterocycles. The van der Waals surface area contributed by atoms with E-state index in [0.717, 1.165) is 32.8 Å². The van der Waals surface area contributed by atoms with E-state index >= 15 is 0 Å². The van der Waals surface area contributed by atoms with Gasteiger partial charge in [-0.15, -0.1) is 0 Å². The molecule has 3 aromatic rings. The van der Waals surface area contributed by atoms with Gasteiger partial charge in [0.15, 0.2) is 5.11 Å². The van der Waals surface area contributed by atoms with Crippen LogP contribution in [0.3, 0.4) is 0 Å². The molecular formula is C23H19BrN4O2S. The first kappa shape index (κ1) is 21.1. The third-order valence-corrected chi connectivity index (χ3v) is 5.84. The Morgan fingerprint density at radius 3 is 2.55 bits per heavy atom. The lowest BCUT2D eigenvalue weighted by atomic mass is 10.1. The van der Waals surface area contributed by atoms with Crippen LogP contribution >= 0.6 is 28.1 Å². The normalized spacial score (nSPS) is 15.5. The van der Waals surface area contributed by atoms with E-state index in [-0.39, 0.29) is 10.7 Å². The molecule has 6 nitrogen and oxygen atoms in total. The molecule has 0 spiro atoms. The van der Waals surface area contributed by atoms with E-state index in [1.165, 1.54) is 4.90 Å². The highest BCUT2D eigenvalue weighted by atomic mass is 79.9. The first-order chi connectivity index (χ1) is 14.8. The lowest BCUT2D eigenvalue weighted by Crippen LogP contribution is -2.54. The highest BCUT2D eigenvalue weighted by Gasteiger charge is 2.34. The van der Waals surface area contributed by atoms with Crippen LogP contribution in [-0.4, -0.2) is 26.5 Å². The van der Waals surface area contributed by atoms with Gasteiger partial charge < -0.3 is 4.57 Å². The zero-order valence-electron chi connectivity index (χ0n) is 17.1. The van der Waals surface area contributed by atoms with Crippen LogP contribution in [0.15, 0.2) is 58.7 Å². The quantitative estimate of drug-likeness (QED) is 0.333. The number of nitrogens with one attached hydrogen (secondary N) is 1. The van der Waals surface area contributed by atoms with Crippen molar-refractivity contribution in [2.75, 3.05) is 4.90 Å². The number of aryl methyl sites for hydroxylation is 2. The predicted octanol–water partition coefficient (Wildman–Crippen LogP) is 4.39. The molecule has 156 valence electrons. The van der Waals surface area contributed by atoms with Crippen molar-refractivity contribution < 1.29 is 9.59 Å². The molecule has 31 heavy (non-hydrogen) atoms. The molecule has 1 aromatic carbocycles. The molecule has 8 heteroatoms. The minimum Gasteiger partial charge on any atom is -0.303 e. The second-order valence-electron chi connectivity index (χ2n) is 7.29. The lowest BCUT2D eigenvalue weighted by Gasteiger charge is -2.29. The minimum atomic E-state index is -0.514. The van der Waals surface area contributed by atoms with Crippen LogP contribution in [-0.2, 0) is 9.59 Å². The number of rotatable bonds is 3. The molecule has 1 saturated heterocycles. The smallest absolute Gasteiger partial charge is 0.270 e. The zero-order valence-corrected chi connectivity index (χ0v) is 19.5. The number of carbonyl (C=O) groups excluding carboxylic acids is 2. The van der Waals surface area contributed by atoms with Crippen molar-refractivity contribution in [2.24, 2.45) is 0 Å². The summed E-state index contributed by atoms with van der Waals surface area (Å²) in [5, 5.41) is 2.68. The highest BCUT2D eigenvalue weighted by Crippen LogP contribution is 2.27. The van der Waals surface area contributed by atoms with E-state index < -0.39 is 11.8 Å². The standard InChI is InChI=1S/C23H19BrN4O2S/c1-13-7-8-20(25-12-13)27-14(2)9-16(15(27)3)10-19-21(29)26-23(31)28(22(19)30)18-6-4-5-17(24)11-18/h4-12H,1-3H3,(H,26,29,31)/b19-10-. The third-order valence-electron chi connectivity index (χ3n) is 5.06. The van der Waals surface area contributed by atoms with Gasteiger partial charge in [0.2, 0.25) is 0 Å². The second-order valence-corrected chi connectivity index (χ2v) is 8.60. The number of pyridine rings is 1. The molecule has 0 atom stereocenters. The molecule has 1 N–H and O–H groups in total. The summed E-state index contributed by atoms with van der Waals surface area (Å²) < 4.78 is 2.80. The maximum atomic E-state index is 13.2. The summed E-state index contributed by atoms with van der Waals surface area (Å²) in [5.74, 6) is -0.203. The molecule has 0 unspecified atom stereocenters. The fourth-order valence-corrected chi connectivity index (χ4v) is 4.21. The van der Waals surface area contributed by atoms with Crippen LogP contribution < -0.4 is 10.2 Å².